The Morgan fingerprint density at radius 2 is 1.81 bits per heavy atom. The van der Waals surface area contributed by atoms with Crippen molar-refractivity contribution in [3.05, 3.63) is 35.4 Å². The highest BCUT2D eigenvalue weighted by Gasteiger charge is 2.21. The third kappa shape index (κ3) is 3.17. The maximum atomic E-state index is 11.4. The Morgan fingerprint density at radius 3 is 2.31 bits per heavy atom. The Bertz CT molecular complexity index is 415. The fourth-order valence-corrected chi connectivity index (χ4v) is 1.48. The molecule has 2 N–H and O–H groups in total. The molecular weight excluding hydrogens is 208 g/mol. The normalized spacial score (nSPS) is 11.2. The van der Waals surface area contributed by atoms with Crippen molar-refractivity contribution >= 4 is 11.8 Å². The summed E-state index contributed by atoms with van der Waals surface area (Å²) in [6, 6.07) is 6.41. The number of aliphatic carboxylic acids is 1. The second-order valence-electron chi connectivity index (χ2n) is 4.28. The summed E-state index contributed by atoms with van der Waals surface area (Å²) in [7, 11) is 0. The molecule has 0 saturated carbocycles. The van der Waals surface area contributed by atoms with Crippen molar-refractivity contribution in [3.8, 4) is 0 Å². The molecule has 4 heteroatoms. The van der Waals surface area contributed by atoms with E-state index in [2.05, 4.69) is 0 Å². The molecule has 1 rings (SSSR count). The lowest BCUT2D eigenvalue weighted by molar-refractivity contribution is -0.131. The molecule has 86 valence electrons. The average Bonchev–Trinajstić information content (AvgIpc) is 2.15. The lowest BCUT2D eigenvalue weighted by atomic mass is 9.93. The first kappa shape index (κ1) is 12.4. The third-order valence-electron chi connectivity index (χ3n) is 2.08. The number of carboxylic acids is 1. The van der Waals surface area contributed by atoms with Gasteiger partial charge in [-0.1, -0.05) is 24.3 Å². The topological polar surface area (TPSA) is 74.6 Å². The summed E-state index contributed by atoms with van der Waals surface area (Å²) in [5.74, 6) is -2.43. The molecule has 0 unspecified atom stereocenters. The highest BCUT2D eigenvalue weighted by molar-refractivity contribution is 6.40. The monoisotopic (exact) mass is 222 g/mol. The molecule has 0 aliphatic rings. The molecule has 16 heavy (non-hydrogen) atoms. The van der Waals surface area contributed by atoms with E-state index in [1.54, 1.807) is 32.0 Å². The van der Waals surface area contributed by atoms with E-state index in [0.29, 0.717) is 5.56 Å². The standard InChI is InChI=1S/C12H14O4/c1-12(2,16)7-8-5-3-4-6-9(8)10(13)11(14)15/h3-6,16H,7H2,1-2H3,(H,14,15). The summed E-state index contributed by atoms with van der Waals surface area (Å²) >= 11 is 0. The first-order chi connectivity index (χ1) is 7.31. The van der Waals surface area contributed by atoms with E-state index in [9.17, 15) is 14.7 Å². The minimum absolute atomic E-state index is 0.136. The second kappa shape index (κ2) is 4.45. The Balaban J connectivity index is 3.10. The average molecular weight is 222 g/mol. The number of carbonyl (C=O) groups excluding carboxylic acids is 1. The van der Waals surface area contributed by atoms with Crippen molar-refractivity contribution in [1.82, 2.24) is 0 Å². The first-order valence-electron chi connectivity index (χ1n) is 4.89. The van der Waals surface area contributed by atoms with Crippen LogP contribution >= 0.6 is 0 Å². The molecule has 0 fully saturated rings. The molecule has 0 spiro atoms. The molecule has 0 aliphatic carbocycles. The summed E-state index contributed by atoms with van der Waals surface area (Å²) in [6.07, 6.45) is 0.238. The van der Waals surface area contributed by atoms with Gasteiger partial charge in [0.25, 0.3) is 5.78 Å². The summed E-state index contributed by atoms with van der Waals surface area (Å²) in [5.41, 5.74) is -0.297. The van der Waals surface area contributed by atoms with Gasteiger partial charge in [0.1, 0.15) is 0 Å². The Morgan fingerprint density at radius 1 is 1.25 bits per heavy atom. The zero-order valence-electron chi connectivity index (χ0n) is 9.23. The van der Waals surface area contributed by atoms with Crippen LogP contribution in [-0.4, -0.2) is 27.6 Å². The van der Waals surface area contributed by atoms with Crippen LogP contribution in [0.4, 0.5) is 0 Å². The van der Waals surface area contributed by atoms with Crippen molar-refractivity contribution in [2.75, 3.05) is 0 Å². The van der Waals surface area contributed by atoms with Gasteiger partial charge < -0.3 is 10.2 Å². The maximum absolute atomic E-state index is 11.4. The van der Waals surface area contributed by atoms with Crippen molar-refractivity contribution < 1.29 is 19.8 Å². The number of hydrogen-bond acceptors (Lipinski definition) is 3. The van der Waals surface area contributed by atoms with Crippen molar-refractivity contribution in [1.29, 1.82) is 0 Å². The fourth-order valence-electron chi connectivity index (χ4n) is 1.48. The minimum Gasteiger partial charge on any atom is -0.475 e. The number of ketones is 1. The molecule has 0 saturated heterocycles. The smallest absolute Gasteiger partial charge is 0.377 e. The van der Waals surface area contributed by atoms with E-state index in [1.807, 2.05) is 0 Å². The first-order valence-corrected chi connectivity index (χ1v) is 4.89. The lowest BCUT2D eigenvalue weighted by Gasteiger charge is -2.18. The van der Waals surface area contributed by atoms with Gasteiger partial charge in [0.15, 0.2) is 0 Å². The van der Waals surface area contributed by atoms with Crippen LogP contribution in [0.25, 0.3) is 0 Å². The van der Waals surface area contributed by atoms with Gasteiger partial charge in [0, 0.05) is 12.0 Å². The number of aliphatic hydroxyl groups is 1. The van der Waals surface area contributed by atoms with Gasteiger partial charge in [0.05, 0.1) is 5.60 Å². The molecule has 0 heterocycles. The molecule has 1 aromatic carbocycles. The summed E-state index contributed by atoms with van der Waals surface area (Å²) < 4.78 is 0. The highest BCUT2D eigenvalue weighted by Crippen LogP contribution is 2.17. The van der Waals surface area contributed by atoms with Gasteiger partial charge in [0.2, 0.25) is 0 Å². The summed E-state index contributed by atoms with van der Waals surface area (Å²) in [6.45, 7) is 3.21. The predicted molar refractivity (Wildman–Crippen MR) is 58.4 cm³/mol. The number of benzene rings is 1. The van der Waals surface area contributed by atoms with Crippen LogP contribution in [0.15, 0.2) is 24.3 Å². The molecular formula is C12H14O4. The number of carbonyl (C=O) groups is 2. The van der Waals surface area contributed by atoms with E-state index in [4.69, 9.17) is 5.11 Å². The van der Waals surface area contributed by atoms with E-state index in [1.165, 1.54) is 6.07 Å². The Labute approximate surface area is 93.5 Å². The molecule has 0 bridgehead atoms. The van der Waals surface area contributed by atoms with Crippen molar-refractivity contribution in [2.45, 2.75) is 25.9 Å². The Hall–Kier alpha value is -1.68. The summed E-state index contributed by atoms with van der Waals surface area (Å²) in [4.78, 5) is 22.0. The zero-order chi connectivity index (χ0) is 12.3. The summed E-state index contributed by atoms with van der Waals surface area (Å²) in [5, 5.41) is 18.3. The van der Waals surface area contributed by atoms with Crippen LogP contribution in [0.3, 0.4) is 0 Å². The number of hydrogen-bond donors (Lipinski definition) is 2. The largest absolute Gasteiger partial charge is 0.475 e. The molecule has 1 aromatic rings. The third-order valence-corrected chi connectivity index (χ3v) is 2.08. The second-order valence-corrected chi connectivity index (χ2v) is 4.28. The van der Waals surface area contributed by atoms with Gasteiger partial charge in [-0.2, -0.15) is 0 Å². The van der Waals surface area contributed by atoms with Gasteiger partial charge >= 0.3 is 5.97 Å². The van der Waals surface area contributed by atoms with E-state index >= 15 is 0 Å². The van der Waals surface area contributed by atoms with Gasteiger partial charge in [-0.25, -0.2) is 4.79 Å². The quantitative estimate of drug-likeness (QED) is 0.594. The molecule has 4 nitrogen and oxygen atoms in total. The molecule has 0 aromatic heterocycles. The number of Topliss-reactive ketones (excluding diaryl/α,β-unsaturated/α-hetero) is 1. The zero-order valence-corrected chi connectivity index (χ0v) is 9.23. The van der Waals surface area contributed by atoms with Crippen LogP contribution in [0, 0.1) is 0 Å². The van der Waals surface area contributed by atoms with Crippen LogP contribution in [0.2, 0.25) is 0 Å². The van der Waals surface area contributed by atoms with E-state index < -0.39 is 17.4 Å². The Kier molecular flexibility index (Phi) is 3.44. The van der Waals surface area contributed by atoms with Crippen molar-refractivity contribution in [2.24, 2.45) is 0 Å². The van der Waals surface area contributed by atoms with Gasteiger partial charge in [-0.05, 0) is 19.4 Å². The minimum atomic E-state index is -1.48. The van der Waals surface area contributed by atoms with Crippen LogP contribution < -0.4 is 0 Å². The maximum Gasteiger partial charge on any atom is 0.377 e. The fraction of sp³-hybridized carbons (Fsp3) is 0.333. The highest BCUT2D eigenvalue weighted by atomic mass is 16.4. The SMILES string of the molecule is CC(C)(O)Cc1ccccc1C(=O)C(=O)O. The van der Waals surface area contributed by atoms with Gasteiger partial charge in [-0.3, -0.25) is 4.79 Å². The van der Waals surface area contributed by atoms with Crippen molar-refractivity contribution in [3.63, 3.8) is 0 Å². The number of rotatable bonds is 4. The predicted octanol–water partition coefficient (Wildman–Crippen LogP) is 1.27. The van der Waals surface area contributed by atoms with Crippen LogP contribution in [0.5, 0.6) is 0 Å². The number of carboxylic acid groups (broad SMARTS) is 1. The van der Waals surface area contributed by atoms with Crippen LogP contribution in [-0.2, 0) is 11.2 Å². The van der Waals surface area contributed by atoms with Gasteiger partial charge in [-0.15, -0.1) is 0 Å². The molecule has 0 atom stereocenters. The molecule has 0 amide bonds. The molecule has 0 aliphatic heterocycles. The molecule has 0 radical (unpaired) electrons. The van der Waals surface area contributed by atoms with E-state index in [0.717, 1.165) is 0 Å². The van der Waals surface area contributed by atoms with Crippen LogP contribution in [0.1, 0.15) is 29.8 Å². The lowest BCUT2D eigenvalue weighted by Crippen LogP contribution is -2.24. The van der Waals surface area contributed by atoms with E-state index in [-0.39, 0.29) is 12.0 Å².